The van der Waals surface area contributed by atoms with Crippen LogP contribution in [-0.4, -0.2) is 21.9 Å². The Morgan fingerprint density at radius 2 is 1.86 bits per heavy atom. The van der Waals surface area contributed by atoms with Gasteiger partial charge in [-0.05, 0) is 31.5 Å². The SMILES string of the molecule is CC(C)=CC(=O)N1CCn2cccc2C1c1ccccc1. The molecule has 1 aromatic heterocycles. The Kier molecular flexibility index (Phi) is 3.65. The lowest BCUT2D eigenvalue weighted by Crippen LogP contribution is -2.41. The topological polar surface area (TPSA) is 25.2 Å². The number of carbonyl (C=O) groups excluding carboxylic acids is 1. The molecule has 0 bridgehead atoms. The summed E-state index contributed by atoms with van der Waals surface area (Å²) in [6.45, 7) is 5.52. The van der Waals surface area contributed by atoms with E-state index < -0.39 is 0 Å². The van der Waals surface area contributed by atoms with Crippen molar-refractivity contribution in [3.05, 3.63) is 71.6 Å². The molecule has 2 aromatic rings. The van der Waals surface area contributed by atoms with E-state index in [1.807, 2.05) is 36.9 Å². The fourth-order valence-corrected chi connectivity index (χ4v) is 2.94. The molecule has 0 radical (unpaired) electrons. The lowest BCUT2D eigenvalue weighted by Gasteiger charge is -2.37. The number of benzene rings is 1. The number of amides is 1. The van der Waals surface area contributed by atoms with Gasteiger partial charge in [0.05, 0.1) is 6.04 Å². The van der Waals surface area contributed by atoms with Gasteiger partial charge in [0.25, 0.3) is 0 Å². The van der Waals surface area contributed by atoms with Crippen molar-refractivity contribution in [3.63, 3.8) is 0 Å². The molecule has 108 valence electrons. The van der Waals surface area contributed by atoms with Crippen LogP contribution in [0.1, 0.15) is 31.1 Å². The van der Waals surface area contributed by atoms with Crippen molar-refractivity contribution in [2.45, 2.75) is 26.4 Å². The molecule has 0 N–H and O–H groups in total. The summed E-state index contributed by atoms with van der Waals surface area (Å²) < 4.78 is 2.24. The highest BCUT2D eigenvalue weighted by atomic mass is 16.2. The van der Waals surface area contributed by atoms with E-state index in [1.54, 1.807) is 6.08 Å². The first-order valence-electron chi connectivity index (χ1n) is 7.32. The van der Waals surface area contributed by atoms with Gasteiger partial charge in [-0.1, -0.05) is 35.9 Å². The van der Waals surface area contributed by atoms with E-state index in [0.29, 0.717) is 0 Å². The van der Waals surface area contributed by atoms with Gasteiger partial charge in [-0.25, -0.2) is 0 Å². The largest absolute Gasteiger partial charge is 0.348 e. The Labute approximate surface area is 125 Å². The quantitative estimate of drug-likeness (QED) is 0.774. The van der Waals surface area contributed by atoms with Crippen molar-refractivity contribution in [1.82, 2.24) is 9.47 Å². The van der Waals surface area contributed by atoms with Crippen molar-refractivity contribution in [2.24, 2.45) is 0 Å². The van der Waals surface area contributed by atoms with Gasteiger partial charge in [0.2, 0.25) is 5.91 Å². The summed E-state index contributed by atoms with van der Waals surface area (Å²) >= 11 is 0. The van der Waals surface area contributed by atoms with Gasteiger partial charge in [-0.2, -0.15) is 0 Å². The Bertz CT molecular complexity index is 666. The summed E-state index contributed by atoms with van der Waals surface area (Å²) in [4.78, 5) is 14.5. The zero-order valence-corrected chi connectivity index (χ0v) is 12.5. The Balaban J connectivity index is 2.05. The van der Waals surface area contributed by atoms with E-state index in [1.165, 1.54) is 5.69 Å². The molecule has 0 spiro atoms. The van der Waals surface area contributed by atoms with E-state index in [2.05, 4.69) is 35.0 Å². The minimum atomic E-state index is -0.00181. The highest BCUT2D eigenvalue weighted by molar-refractivity contribution is 5.89. The van der Waals surface area contributed by atoms with Gasteiger partial charge in [0.1, 0.15) is 0 Å². The van der Waals surface area contributed by atoms with Gasteiger partial charge in [-0.15, -0.1) is 0 Å². The molecule has 1 amide bonds. The van der Waals surface area contributed by atoms with E-state index in [0.717, 1.165) is 24.2 Å². The summed E-state index contributed by atoms with van der Waals surface area (Å²) in [6.07, 6.45) is 3.82. The average molecular weight is 280 g/mol. The number of hydrogen-bond donors (Lipinski definition) is 0. The lowest BCUT2D eigenvalue weighted by molar-refractivity contribution is -0.128. The monoisotopic (exact) mass is 280 g/mol. The minimum Gasteiger partial charge on any atom is -0.348 e. The van der Waals surface area contributed by atoms with Crippen LogP contribution < -0.4 is 0 Å². The van der Waals surface area contributed by atoms with Crippen LogP contribution in [0, 0.1) is 0 Å². The zero-order chi connectivity index (χ0) is 14.8. The van der Waals surface area contributed by atoms with Crippen LogP contribution in [-0.2, 0) is 11.3 Å². The van der Waals surface area contributed by atoms with Crippen molar-refractivity contribution >= 4 is 5.91 Å². The number of aromatic nitrogens is 1. The fraction of sp³-hybridized carbons (Fsp3) is 0.278. The van der Waals surface area contributed by atoms with Crippen LogP contribution in [0.25, 0.3) is 0 Å². The van der Waals surface area contributed by atoms with Crippen molar-refractivity contribution in [2.75, 3.05) is 6.54 Å². The standard InChI is InChI=1S/C18H20N2O/c1-14(2)13-17(21)20-12-11-19-10-6-9-16(19)18(20)15-7-4-3-5-8-15/h3-10,13,18H,11-12H2,1-2H3. The molecule has 1 aliphatic heterocycles. The van der Waals surface area contributed by atoms with Gasteiger partial charge in [0.15, 0.2) is 0 Å². The Morgan fingerprint density at radius 3 is 2.57 bits per heavy atom. The molecule has 0 aliphatic carbocycles. The van der Waals surface area contributed by atoms with Crippen LogP contribution in [0.5, 0.6) is 0 Å². The van der Waals surface area contributed by atoms with Crippen molar-refractivity contribution < 1.29 is 4.79 Å². The van der Waals surface area contributed by atoms with Crippen molar-refractivity contribution in [3.8, 4) is 0 Å². The smallest absolute Gasteiger partial charge is 0.247 e. The molecule has 3 nitrogen and oxygen atoms in total. The number of fused-ring (bicyclic) bond motifs is 1. The molecular weight excluding hydrogens is 260 g/mol. The van der Waals surface area contributed by atoms with E-state index in [-0.39, 0.29) is 11.9 Å². The van der Waals surface area contributed by atoms with Gasteiger partial charge in [0, 0.05) is 31.1 Å². The maximum absolute atomic E-state index is 12.6. The number of nitrogens with zero attached hydrogens (tertiary/aromatic N) is 2. The van der Waals surface area contributed by atoms with E-state index in [4.69, 9.17) is 0 Å². The van der Waals surface area contributed by atoms with Gasteiger partial charge in [-0.3, -0.25) is 4.79 Å². The van der Waals surface area contributed by atoms with Gasteiger partial charge < -0.3 is 9.47 Å². The second-order valence-corrected chi connectivity index (χ2v) is 5.69. The first-order chi connectivity index (χ1) is 10.2. The van der Waals surface area contributed by atoms with Crippen LogP contribution in [0.4, 0.5) is 0 Å². The predicted molar refractivity (Wildman–Crippen MR) is 83.9 cm³/mol. The second kappa shape index (κ2) is 5.60. The summed E-state index contributed by atoms with van der Waals surface area (Å²) in [5.74, 6) is 0.0938. The Hall–Kier alpha value is -2.29. The second-order valence-electron chi connectivity index (χ2n) is 5.69. The molecule has 1 atom stereocenters. The molecule has 3 rings (SSSR count). The van der Waals surface area contributed by atoms with Crippen LogP contribution in [0.3, 0.4) is 0 Å². The molecule has 0 saturated heterocycles. The molecule has 2 heterocycles. The first kappa shape index (κ1) is 13.7. The van der Waals surface area contributed by atoms with Crippen LogP contribution in [0.15, 0.2) is 60.3 Å². The van der Waals surface area contributed by atoms with Crippen LogP contribution in [0.2, 0.25) is 0 Å². The number of hydrogen-bond acceptors (Lipinski definition) is 1. The highest BCUT2D eigenvalue weighted by Crippen LogP contribution is 2.32. The fourth-order valence-electron chi connectivity index (χ4n) is 2.94. The highest BCUT2D eigenvalue weighted by Gasteiger charge is 2.30. The molecule has 1 unspecified atom stereocenters. The normalized spacial score (nSPS) is 17.2. The molecular formula is C18H20N2O. The van der Waals surface area contributed by atoms with E-state index in [9.17, 15) is 4.79 Å². The molecule has 3 heteroatoms. The third-order valence-electron chi connectivity index (χ3n) is 3.85. The maximum atomic E-state index is 12.6. The number of carbonyl (C=O) groups is 1. The molecule has 1 aromatic carbocycles. The van der Waals surface area contributed by atoms with Crippen LogP contribution >= 0.6 is 0 Å². The van der Waals surface area contributed by atoms with E-state index >= 15 is 0 Å². The first-order valence-corrected chi connectivity index (χ1v) is 7.32. The molecule has 0 saturated carbocycles. The lowest BCUT2D eigenvalue weighted by atomic mass is 9.99. The maximum Gasteiger partial charge on any atom is 0.247 e. The summed E-state index contributed by atoms with van der Waals surface area (Å²) in [7, 11) is 0. The average Bonchev–Trinajstić information content (AvgIpc) is 2.94. The number of allylic oxidation sites excluding steroid dienone is 1. The van der Waals surface area contributed by atoms with Gasteiger partial charge >= 0.3 is 0 Å². The zero-order valence-electron chi connectivity index (χ0n) is 12.5. The predicted octanol–water partition coefficient (Wildman–Crippen LogP) is 3.39. The minimum absolute atomic E-state index is 0.00181. The molecule has 21 heavy (non-hydrogen) atoms. The molecule has 0 fully saturated rings. The third kappa shape index (κ3) is 2.64. The van der Waals surface area contributed by atoms with Crippen molar-refractivity contribution in [1.29, 1.82) is 0 Å². The molecule has 1 aliphatic rings. The Morgan fingerprint density at radius 1 is 1.10 bits per heavy atom. The summed E-state index contributed by atoms with van der Waals surface area (Å²) in [5.41, 5.74) is 3.38. The summed E-state index contributed by atoms with van der Waals surface area (Å²) in [5, 5.41) is 0. The third-order valence-corrected chi connectivity index (χ3v) is 3.85. The number of rotatable bonds is 2. The summed E-state index contributed by atoms with van der Waals surface area (Å²) in [6, 6.07) is 14.4.